The van der Waals surface area contributed by atoms with Crippen molar-refractivity contribution >= 4 is 29.1 Å². The molecule has 2 heterocycles. The number of alkyl halides is 2. The Hall–Kier alpha value is -3.39. The summed E-state index contributed by atoms with van der Waals surface area (Å²) in [7, 11) is 0. The first-order valence-corrected chi connectivity index (χ1v) is 10.3. The van der Waals surface area contributed by atoms with Gasteiger partial charge in [-0.25, -0.2) is 18.7 Å². The van der Waals surface area contributed by atoms with Gasteiger partial charge in [-0.15, -0.1) is 0 Å². The summed E-state index contributed by atoms with van der Waals surface area (Å²) in [6.45, 7) is -0.845. The van der Waals surface area contributed by atoms with Crippen LogP contribution in [-0.2, 0) is 4.79 Å². The van der Waals surface area contributed by atoms with Gasteiger partial charge in [0.1, 0.15) is 6.33 Å². The van der Waals surface area contributed by atoms with Crippen LogP contribution in [-0.4, -0.2) is 45.7 Å². The molecule has 1 N–H and O–H groups in total. The number of anilines is 1. The molecule has 32 heavy (non-hydrogen) atoms. The monoisotopic (exact) mass is 456 g/mol. The summed E-state index contributed by atoms with van der Waals surface area (Å²) in [6, 6.07) is 13.0. The number of hydrogen-bond acceptors (Lipinski definition) is 4. The molecule has 1 aromatic heterocycles. The highest BCUT2D eigenvalue weighted by Crippen LogP contribution is 2.32. The SMILES string of the molecule is O=C(Nc1ccc(Cl)cc1)C1CN(C(=O)c2cccc(-c3cncnc3)c2)CC(F)(F)C1. The average Bonchev–Trinajstić information content (AvgIpc) is 2.79. The fraction of sp³-hybridized carbons (Fsp3) is 0.217. The first kappa shape index (κ1) is 21.8. The molecule has 1 fully saturated rings. The van der Waals surface area contributed by atoms with Crippen molar-refractivity contribution in [3.8, 4) is 11.1 Å². The van der Waals surface area contributed by atoms with E-state index in [2.05, 4.69) is 15.3 Å². The van der Waals surface area contributed by atoms with Crippen molar-refractivity contribution < 1.29 is 18.4 Å². The quantitative estimate of drug-likeness (QED) is 0.625. The van der Waals surface area contributed by atoms with Crippen LogP contribution in [0.3, 0.4) is 0 Å². The van der Waals surface area contributed by atoms with Crippen LogP contribution >= 0.6 is 11.6 Å². The zero-order valence-corrected chi connectivity index (χ0v) is 17.6. The van der Waals surface area contributed by atoms with E-state index in [1.165, 1.54) is 6.33 Å². The highest BCUT2D eigenvalue weighted by Gasteiger charge is 2.44. The Labute approximate surface area is 188 Å². The van der Waals surface area contributed by atoms with Crippen LogP contribution in [0.1, 0.15) is 16.8 Å². The van der Waals surface area contributed by atoms with Crippen molar-refractivity contribution in [1.82, 2.24) is 14.9 Å². The molecular formula is C23H19ClF2N4O2. The first-order chi connectivity index (χ1) is 15.3. The summed E-state index contributed by atoms with van der Waals surface area (Å²) >= 11 is 5.83. The summed E-state index contributed by atoms with van der Waals surface area (Å²) in [6.07, 6.45) is 3.96. The minimum Gasteiger partial charge on any atom is -0.332 e. The molecule has 3 aromatic rings. The van der Waals surface area contributed by atoms with Gasteiger partial charge in [0.15, 0.2) is 0 Å². The molecule has 1 saturated heterocycles. The lowest BCUT2D eigenvalue weighted by atomic mass is 9.93. The molecule has 2 aromatic carbocycles. The van der Waals surface area contributed by atoms with Gasteiger partial charge in [0.25, 0.3) is 11.8 Å². The van der Waals surface area contributed by atoms with Crippen molar-refractivity contribution in [3.63, 3.8) is 0 Å². The Morgan fingerprint density at radius 2 is 1.78 bits per heavy atom. The number of benzene rings is 2. The average molecular weight is 457 g/mol. The lowest BCUT2D eigenvalue weighted by Gasteiger charge is -2.37. The van der Waals surface area contributed by atoms with E-state index in [0.29, 0.717) is 21.8 Å². The number of aromatic nitrogens is 2. The molecule has 0 radical (unpaired) electrons. The number of hydrogen-bond donors (Lipinski definition) is 1. The normalized spacial score (nSPS) is 17.6. The van der Waals surface area contributed by atoms with Gasteiger partial charge >= 0.3 is 0 Å². The predicted octanol–water partition coefficient (Wildman–Crippen LogP) is 4.53. The number of nitrogens with zero attached hydrogens (tertiary/aromatic N) is 3. The minimum absolute atomic E-state index is 0.105. The van der Waals surface area contributed by atoms with Crippen molar-refractivity contribution in [2.45, 2.75) is 12.3 Å². The Morgan fingerprint density at radius 3 is 2.50 bits per heavy atom. The zero-order valence-electron chi connectivity index (χ0n) is 16.8. The number of carbonyl (C=O) groups excluding carboxylic acids is 2. The highest BCUT2D eigenvalue weighted by atomic mass is 35.5. The third kappa shape index (κ3) is 5.08. The number of rotatable bonds is 4. The molecule has 1 aliphatic rings. The van der Waals surface area contributed by atoms with Gasteiger partial charge in [-0.1, -0.05) is 23.7 Å². The van der Waals surface area contributed by atoms with Gasteiger partial charge < -0.3 is 10.2 Å². The summed E-state index contributed by atoms with van der Waals surface area (Å²) in [4.78, 5) is 34.7. The van der Waals surface area contributed by atoms with Gasteiger partial charge in [-0.3, -0.25) is 9.59 Å². The predicted molar refractivity (Wildman–Crippen MR) is 117 cm³/mol. The Morgan fingerprint density at radius 1 is 1.06 bits per heavy atom. The van der Waals surface area contributed by atoms with E-state index in [9.17, 15) is 18.4 Å². The summed E-state index contributed by atoms with van der Waals surface area (Å²) in [5.41, 5.74) is 2.09. The molecule has 0 saturated carbocycles. The standard InChI is InChI=1S/C23H19ClF2N4O2/c24-19-4-6-20(7-5-19)29-21(31)17-9-23(25,26)13-30(12-17)22(32)16-3-1-2-15(8-16)18-10-27-14-28-11-18/h1-8,10-11,14,17H,9,12-13H2,(H,29,31). The van der Waals surface area contributed by atoms with E-state index >= 15 is 0 Å². The number of nitrogens with one attached hydrogen (secondary N) is 1. The second-order valence-corrected chi connectivity index (χ2v) is 8.08. The molecule has 0 aliphatic carbocycles. The van der Waals surface area contributed by atoms with Crippen LogP contribution in [0, 0.1) is 5.92 Å². The Balaban J connectivity index is 1.52. The van der Waals surface area contributed by atoms with Gasteiger partial charge in [0.2, 0.25) is 5.91 Å². The van der Waals surface area contributed by atoms with E-state index in [0.717, 1.165) is 4.90 Å². The number of amides is 2. The van der Waals surface area contributed by atoms with Crippen molar-refractivity contribution in [1.29, 1.82) is 0 Å². The van der Waals surface area contributed by atoms with Gasteiger partial charge in [0.05, 0.1) is 12.5 Å². The molecule has 9 heteroatoms. The molecule has 4 rings (SSSR count). The van der Waals surface area contributed by atoms with E-state index in [1.807, 2.05) is 0 Å². The minimum atomic E-state index is -3.18. The Kier molecular flexibility index (Phi) is 6.14. The highest BCUT2D eigenvalue weighted by molar-refractivity contribution is 6.30. The molecule has 0 bridgehead atoms. The number of piperidine rings is 1. The van der Waals surface area contributed by atoms with Crippen molar-refractivity contribution in [2.75, 3.05) is 18.4 Å². The lowest BCUT2D eigenvalue weighted by Crippen LogP contribution is -2.52. The maximum atomic E-state index is 14.5. The molecule has 1 unspecified atom stereocenters. The van der Waals surface area contributed by atoms with E-state index < -0.39 is 36.6 Å². The van der Waals surface area contributed by atoms with Crippen molar-refractivity contribution in [3.05, 3.63) is 77.8 Å². The van der Waals surface area contributed by atoms with Crippen LogP contribution in [0.4, 0.5) is 14.5 Å². The smallest absolute Gasteiger partial charge is 0.266 e. The first-order valence-electron chi connectivity index (χ1n) is 9.90. The molecule has 6 nitrogen and oxygen atoms in total. The summed E-state index contributed by atoms with van der Waals surface area (Å²) < 4.78 is 28.9. The topological polar surface area (TPSA) is 75.2 Å². The molecule has 164 valence electrons. The van der Waals surface area contributed by atoms with Crippen LogP contribution < -0.4 is 5.32 Å². The van der Waals surface area contributed by atoms with E-state index in [4.69, 9.17) is 11.6 Å². The molecular weight excluding hydrogens is 438 g/mol. The maximum absolute atomic E-state index is 14.5. The maximum Gasteiger partial charge on any atom is 0.266 e. The largest absolute Gasteiger partial charge is 0.332 e. The Bertz CT molecular complexity index is 1130. The third-order valence-electron chi connectivity index (χ3n) is 5.18. The molecule has 2 amide bonds. The second-order valence-electron chi connectivity index (χ2n) is 7.65. The zero-order chi connectivity index (χ0) is 22.7. The fourth-order valence-electron chi connectivity index (χ4n) is 3.67. The number of carbonyl (C=O) groups is 2. The molecule has 1 atom stereocenters. The van der Waals surface area contributed by atoms with E-state index in [-0.39, 0.29) is 12.1 Å². The lowest BCUT2D eigenvalue weighted by molar-refractivity contribution is -0.130. The van der Waals surface area contributed by atoms with E-state index in [1.54, 1.807) is 60.9 Å². The second kappa shape index (κ2) is 9.00. The third-order valence-corrected chi connectivity index (χ3v) is 5.43. The van der Waals surface area contributed by atoms with Crippen LogP contribution in [0.5, 0.6) is 0 Å². The summed E-state index contributed by atoms with van der Waals surface area (Å²) in [5, 5.41) is 3.12. The molecule has 0 spiro atoms. The van der Waals surface area contributed by atoms with Gasteiger partial charge in [-0.2, -0.15) is 0 Å². The fourth-order valence-corrected chi connectivity index (χ4v) is 3.80. The number of likely N-dealkylation sites (tertiary alicyclic amines) is 1. The summed E-state index contributed by atoms with van der Waals surface area (Å²) in [5.74, 6) is -5.36. The van der Waals surface area contributed by atoms with Crippen LogP contribution in [0.25, 0.3) is 11.1 Å². The molecule has 1 aliphatic heterocycles. The van der Waals surface area contributed by atoms with Gasteiger partial charge in [0, 0.05) is 47.2 Å². The van der Waals surface area contributed by atoms with Gasteiger partial charge in [-0.05, 0) is 42.0 Å². The van der Waals surface area contributed by atoms with Crippen molar-refractivity contribution in [2.24, 2.45) is 5.92 Å². The number of halogens is 3. The van der Waals surface area contributed by atoms with Crippen LogP contribution in [0.2, 0.25) is 5.02 Å². The van der Waals surface area contributed by atoms with Crippen LogP contribution in [0.15, 0.2) is 67.3 Å².